The zero-order valence-corrected chi connectivity index (χ0v) is 13.2. The topological polar surface area (TPSA) is 66.8 Å². The fraction of sp³-hybridized carbons (Fsp3) is 0.529. The summed E-state index contributed by atoms with van der Waals surface area (Å²) < 4.78 is 5.12. The molecule has 22 heavy (non-hydrogen) atoms. The van der Waals surface area contributed by atoms with Gasteiger partial charge < -0.3 is 14.7 Å². The Labute approximate surface area is 130 Å². The molecule has 1 aliphatic rings. The van der Waals surface area contributed by atoms with Crippen LogP contribution in [-0.2, 0) is 0 Å². The molecule has 0 spiro atoms. The number of hydrogen-bond acceptors (Lipinski definition) is 3. The van der Waals surface area contributed by atoms with E-state index in [-0.39, 0.29) is 17.5 Å². The van der Waals surface area contributed by atoms with Crippen LogP contribution in [-0.4, -0.2) is 41.6 Å². The zero-order valence-electron chi connectivity index (χ0n) is 13.2. The van der Waals surface area contributed by atoms with Gasteiger partial charge in [-0.3, -0.25) is 4.79 Å². The first-order chi connectivity index (χ1) is 10.6. The lowest BCUT2D eigenvalue weighted by Gasteiger charge is -2.36. The van der Waals surface area contributed by atoms with Crippen LogP contribution < -0.4 is 4.74 Å². The van der Waals surface area contributed by atoms with Crippen molar-refractivity contribution in [2.75, 3.05) is 13.7 Å². The highest BCUT2D eigenvalue weighted by molar-refractivity contribution is 5.98. The molecule has 0 radical (unpaired) electrons. The van der Waals surface area contributed by atoms with Gasteiger partial charge in [0.15, 0.2) is 0 Å². The van der Waals surface area contributed by atoms with E-state index in [1.165, 1.54) is 19.2 Å². The summed E-state index contributed by atoms with van der Waals surface area (Å²) in [5.41, 5.74) is 0.464. The van der Waals surface area contributed by atoms with Crippen molar-refractivity contribution in [2.24, 2.45) is 0 Å². The number of methoxy groups -OCH3 is 1. The number of rotatable bonds is 5. The zero-order chi connectivity index (χ0) is 16.1. The summed E-state index contributed by atoms with van der Waals surface area (Å²) in [4.78, 5) is 25.9. The van der Waals surface area contributed by atoms with Crippen molar-refractivity contribution in [2.45, 2.75) is 45.1 Å². The van der Waals surface area contributed by atoms with Gasteiger partial charge in [-0.1, -0.05) is 13.3 Å². The van der Waals surface area contributed by atoms with E-state index in [0.717, 1.165) is 38.6 Å². The van der Waals surface area contributed by atoms with Crippen LogP contribution in [0.5, 0.6) is 5.75 Å². The minimum atomic E-state index is -1.06. The number of aromatic carboxylic acids is 1. The standard InChI is InChI=1S/C17H23NO4/c1-3-6-14-7-4-5-8-18(14)16(19)12-9-13(17(20)21)11-15(10-12)22-2/h9-11,14H,3-8H2,1-2H3,(H,20,21). The average Bonchev–Trinajstić information content (AvgIpc) is 2.54. The third kappa shape index (κ3) is 3.59. The number of carboxylic acids is 1. The maximum Gasteiger partial charge on any atom is 0.335 e. The molecule has 0 saturated carbocycles. The lowest BCUT2D eigenvalue weighted by atomic mass is 9.97. The number of amides is 1. The van der Waals surface area contributed by atoms with Gasteiger partial charge in [0.05, 0.1) is 12.7 Å². The van der Waals surface area contributed by atoms with Gasteiger partial charge in [0.25, 0.3) is 5.91 Å². The highest BCUT2D eigenvalue weighted by Gasteiger charge is 2.27. The summed E-state index contributed by atoms with van der Waals surface area (Å²) in [7, 11) is 1.47. The summed E-state index contributed by atoms with van der Waals surface area (Å²) in [5.74, 6) is -0.761. The summed E-state index contributed by atoms with van der Waals surface area (Å²) in [6, 6.07) is 4.74. The van der Waals surface area contributed by atoms with Crippen LogP contribution in [0.2, 0.25) is 0 Å². The van der Waals surface area contributed by atoms with E-state index in [4.69, 9.17) is 4.74 Å². The van der Waals surface area contributed by atoms with Gasteiger partial charge in [0, 0.05) is 18.2 Å². The maximum atomic E-state index is 12.8. The van der Waals surface area contributed by atoms with Crippen molar-refractivity contribution >= 4 is 11.9 Å². The number of benzene rings is 1. The van der Waals surface area contributed by atoms with E-state index in [1.54, 1.807) is 6.07 Å². The first kappa shape index (κ1) is 16.3. The van der Waals surface area contributed by atoms with E-state index in [9.17, 15) is 14.7 Å². The maximum absolute atomic E-state index is 12.8. The molecule has 120 valence electrons. The predicted octanol–water partition coefficient (Wildman–Crippen LogP) is 3.19. The molecule has 1 N–H and O–H groups in total. The predicted molar refractivity (Wildman–Crippen MR) is 83.5 cm³/mol. The van der Waals surface area contributed by atoms with Crippen LogP contribution >= 0.6 is 0 Å². The number of ether oxygens (including phenoxy) is 1. The first-order valence-electron chi connectivity index (χ1n) is 7.80. The number of carbonyl (C=O) groups is 2. The highest BCUT2D eigenvalue weighted by atomic mass is 16.5. The second-order valence-corrected chi connectivity index (χ2v) is 5.69. The van der Waals surface area contributed by atoms with Crippen molar-refractivity contribution in [3.63, 3.8) is 0 Å². The van der Waals surface area contributed by atoms with E-state index >= 15 is 0 Å². The molecule has 5 heteroatoms. The Morgan fingerprint density at radius 3 is 2.64 bits per heavy atom. The Morgan fingerprint density at radius 2 is 2.00 bits per heavy atom. The van der Waals surface area contributed by atoms with Gasteiger partial charge in [-0.25, -0.2) is 4.79 Å². The molecule has 1 aliphatic heterocycles. The molecule has 0 aliphatic carbocycles. The molecule has 1 aromatic carbocycles. The van der Waals surface area contributed by atoms with Crippen LogP contribution in [0, 0.1) is 0 Å². The molecule has 5 nitrogen and oxygen atoms in total. The molecule has 1 fully saturated rings. The molecular formula is C17H23NO4. The summed E-state index contributed by atoms with van der Waals surface area (Å²) in [6.07, 6.45) is 5.19. The molecule has 0 bridgehead atoms. The Balaban J connectivity index is 2.30. The smallest absolute Gasteiger partial charge is 0.335 e. The number of likely N-dealkylation sites (tertiary alicyclic amines) is 1. The third-order valence-electron chi connectivity index (χ3n) is 4.15. The second-order valence-electron chi connectivity index (χ2n) is 5.69. The van der Waals surface area contributed by atoms with Gasteiger partial charge in [0.1, 0.15) is 5.75 Å². The molecular weight excluding hydrogens is 282 g/mol. The molecule has 0 aromatic heterocycles. The summed E-state index contributed by atoms with van der Waals surface area (Å²) >= 11 is 0. The lowest BCUT2D eigenvalue weighted by molar-refractivity contribution is 0.0600. The van der Waals surface area contributed by atoms with Crippen molar-refractivity contribution in [1.82, 2.24) is 4.90 Å². The third-order valence-corrected chi connectivity index (χ3v) is 4.15. The fourth-order valence-corrected chi connectivity index (χ4v) is 3.03. The first-order valence-corrected chi connectivity index (χ1v) is 7.80. The molecule has 1 amide bonds. The van der Waals surface area contributed by atoms with Crippen LogP contribution in [0.25, 0.3) is 0 Å². The molecule has 1 heterocycles. The molecule has 1 saturated heterocycles. The van der Waals surface area contributed by atoms with Crippen LogP contribution in [0.3, 0.4) is 0 Å². The van der Waals surface area contributed by atoms with E-state index in [1.807, 2.05) is 4.90 Å². The van der Waals surface area contributed by atoms with Crippen molar-refractivity contribution < 1.29 is 19.4 Å². The largest absolute Gasteiger partial charge is 0.497 e. The SMILES string of the molecule is CCCC1CCCCN1C(=O)c1cc(OC)cc(C(=O)O)c1. The Hall–Kier alpha value is -2.04. The quantitative estimate of drug-likeness (QED) is 0.907. The number of carbonyl (C=O) groups excluding carboxylic acids is 1. The number of piperidine rings is 1. The normalized spacial score (nSPS) is 18.1. The van der Waals surface area contributed by atoms with Gasteiger partial charge >= 0.3 is 5.97 Å². The van der Waals surface area contributed by atoms with Gasteiger partial charge in [-0.2, -0.15) is 0 Å². The summed E-state index contributed by atoms with van der Waals surface area (Å²) in [5, 5.41) is 9.18. The minimum Gasteiger partial charge on any atom is -0.497 e. The van der Waals surface area contributed by atoms with E-state index in [2.05, 4.69) is 6.92 Å². The van der Waals surface area contributed by atoms with Gasteiger partial charge in [-0.15, -0.1) is 0 Å². The van der Waals surface area contributed by atoms with Crippen molar-refractivity contribution in [3.8, 4) is 5.75 Å². The Kier molecular flexibility index (Phi) is 5.41. The number of hydrogen-bond donors (Lipinski definition) is 1. The highest BCUT2D eigenvalue weighted by Crippen LogP contribution is 2.25. The summed E-state index contributed by atoms with van der Waals surface area (Å²) in [6.45, 7) is 2.86. The monoisotopic (exact) mass is 305 g/mol. The Bertz CT molecular complexity index is 554. The van der Waals surface area contributed by atoms with Crippen LogP contribution in [0.15, 0.2) is 18.2 Å². The molecule has 1 aromatic rings. The molecule has 2 rings (SSSR count). The van der Waals surface area contributed by atoms with Gasteiger partial charge in [-0.05, 0) is 43.9 Å². The van der Waals surface area contributed by atoms with Crippen molar-refractivity contribution in [1.29, 1.82) is 0 Å². The average molecular weight is 305 g/mol. The molecule has 1 unspecified atom stereocenters. The van der Waals surface area contributed by atoms with Crippen molar-refractivity contribution in [3.05, 3.63) is 29.3 Å². The lowest BCUT2D eigenvalue weighted by Crippen LogP contribution is -2.43. The molecule has 1 atom stereocenters. The van der Waals surface area contributed by atoms with E-state index in [0.29, 0.717) is 11.3 Å². The van der Waals surface area contributed by atoms with Gasteiger partial charge in [0.2, 0.25) is 0 Å². The van der Waals surface area contributed by atoms with Crippen LogP contribution in [0.1, 0.15) is 59.7 Å². The number of carboxylic acid groups (broad SMARTS) is 1. The second kappa shape index (κ2) is 7.29. The van der Waals surface area contributed by atoms with E-state index < -0.39 is 5.97 Å². The number of nitrogens with zero attached hydrogens (tertiary/aromatic N) is 1. The minimum absolute atomic E-state index is 0.0757. The fourth-order valence-electron chi connectivity index (χ4n) is 3.03. The van der Waals surface area contributed by atoms with Crippen LogP contribution in [0.4, 0.5) is 0 Å². The Morgan fingerprint density at radius 1 is 1.27 bits per heavy atom.